The number of nitrogens with one attached hydrogen (secondary N) is 2. The highest BCUT2D eigenvalue weighted by Crippen LogP contribution is 2.29. The summed E-state index contributed by atoms with van der Waals surface area (Å²) in [5, 5.41) is 7.32. The van der Waals surface area contributed by atoms with E-state index in [-0.39, 0.29) is 32.0 Å². The van der Waals surface area contributed by atoms with Crippen LogP contribution in [0.1, 0.15) is 25.5 Å². The minimum atomic E-state index is -5.27. The molecule has 30 heavy (non-hydrogen) atoms. The fourth-order valence-corrected chi connectivity index (χ4v) is 4.32. The van der Waals surface area contributed by atoms with E-state index in [0.717, 1.165) is 16.7 Å². The van der Waals surface area contributed by atoms with Crippen LogP contribution in [0.5, 0.6) is 0 Å². The van der Waals surface area contributed by atoms with Crippen LogP contribution in [0, 0.1) is 0 Å². The monoisotopic (exact) mass is 446 g/mol. The lowest BCUT2D eigenvalue weighted by atomic mass is 10.1. The zero-order chi connectivity index (χ0) is 21.8. The van der Waals surface area contributed by atoms with Gasteiger partial charge in [-0.15, -0.1) is 0 Å². The van der Waals surface area contributed by atoms with Gasteiger partial charge in [0.2, 0.25) is 0 Å². The second-order valence-electron chi connectivity index (χ2n) is 7.03. The molecule has 0 aliphatic carbocycles. The summed E-state index contributed by atoms with van der Waals surface area (Å²) in [4.78, 5) is 4.50. The second-order valence-corrected chi connectivity index (χ2v) is 8.96. The van der Waals surface area contributed by atoms with E-state index in [2.05, 4.69) is 15.6 Å². The van der Waals surface area contributed by atoms with E-state index in [4.69, 9.17) is 4.42 Å². The van der Waals surface area contributed by atoms with Gasteiger partial charge in [-0.1, -0.05) is 18.2 Å². The summed E-state index contributed by atoms with van der Waals surface area (Å²) in [5.41, 5.74) is -4.44. The van der Waals surface area contributed by atoms with Crippen LogP contribution in [-0.4, -0.2) is 56.4 Å². The van der Waals surface area contributed by atoms with Gasteiger partial charge in [-0.05, 0) is 31.9 Å². The van der Waals surface area contributed by atoms with E-state index in [1.165, 1.54) is 0 Å². The minimum Gasteiger partial charge on any atom is -0.461 e. The molecule has 0 unspecified atom stereocenters. The molecule has 0 spiro atoms. The van der Waals surface area contributed by atoms with E-state index < -0.39 is 15.5 Å². The smallest absolute Gasteiger partial charge is 0.461 e. The molecule has 1 saturated heterocycles. The molecule has 7 nitrogen and oxygen atoms in total. The van der Waals surface area contributed by atoms with Gasteiger partial charge in [0.05, 0.1) is 0 Å². The number of hydrogen-bond donors (Lipinski definition) is 2. The van der Waals surface area contributed by atoms with Crippen LogP contribution in [0.25, 0.3) is 11.0 Å². The fraction of sp³-hybridized carbons (Fsp3) is 0.526. The molecule has 1 aliphatic rings. The number of fused-ring (bicyclic) bond motifs is 1. The number of halogens is 3. The largest absolute Gasteiger partial charge is 0.511 e. The van der Waals surface area contributed by atoms with E-state index in [1.54, 1.807) is 0 Å². The maximum atomic E-state index is 12.7. The Labute approximate surface area is 173 Å². The molecule has 166 valence electrons. The Balaban J connectivity index is 1.54. The first-order chi connectivity index (χ1) is 14.2. The summed E-state index contributed by atoms with van der Waals surface area (Å²) in [5.74, 6) is 1.37. The third-order valence-electron chi connectivity index (χ3n) is 4.88. The third-order valence-corrected chi connectivity index (χ3v) is 6.51. The number of sulfonamides is 1. The molecule has 1 aromatic heterocycles. The number of guanidine groups is 1. The minimum absolute atomic E-state index is 0.159. The van der Waals surface area contributed by atoms with Crippen LogP contribution >= 0.6 is 0 Å². The summed E-state index contributed by atoms with van der Waals surface area (Å²) in [6.45, 7) is 2.64. The van der Waals surface area contributed by atoms with Gasteiger partial charge < -0.3 is 15.1 Å². The number of aliphatic imine (C=N–C) groups is 1. The number of benzene rings is 1. The first-order valence-corrected chi connectivity index (χ1v) is 11.2. The number of para-hydroxylation sites is 1. The average molecular weight is 446 g/mol. The Bertz CT molecular complexity index is 947. The van der Waals surface area contributed by atoms with Crippen molar-refractivity contribution >= 4 is 27.0 Å². The van der Waals surface area contributed by atoms with Crippen LogP contribution in [0.2, 0.25) is 0 Å². The zero-order valence-electron chi connectivity index (χ0n) is 16.6. The Morgan fingerprint density at radius 3 is 2.60 bits per heavy atom. The average Bonchev–Trinajstić information content (AvgIpc) is 3.10. The van der Waals surface area contributed by atoms with Crippen molar-refractivity contribution in [2.24, 2.45) is 4.99 Å². The summed E-state index contributed by atoms with van der Waals surface area (Å²) in [6, 6.07) is 9.54. The molecule has 11 heteroatoms. The number of piperidine rings is 1. The van der Waals surface area contributed by atoms with Crippen molar-refractivity contribution in [3.63, 3.8) is 0 Å². The number of rotatable bonds is 6. The molecule has 1 aliphatic heterocycles. The van der Waals surface area contributed by atoms with Crippen molar-refractivity contribution in [1.29, 1.82) is 0 Å². The maximum absolute atomic E-state index is 12.7. The van der Waals surface area contributed by atoms with Crippen LogP contribution in [-0.2, 0) is 16.4 Å². The van der Waals surface area contributed by atoms with E-state index >= 15 is 0 Å². The predicted octanol–water partition coefficient (Wildman–Crippen LogP) is 2.84. The van der Waals surface area contributed by atoms with Gasteiger partial charge >= 0.3 is 15.5 Å². The van der Waals surface area contributed by atoms with Crippen molar-refractivity contribution in [3.8, 4) is 0 Å². The lowest BCUT2D eigenvalue weighted by Crippen LogP contribution is -2.51. The van der Waals surface area contributed by atoms with Gasteiger partial charge in [-0.2, -0.15) is 17.5 Å². The molecule has 1 aromatic carbocycles. The second kappa shape index (κ2) is 9.25. The number of nitrogens with zero attached hydrogens (tertiary/aromatic N) is 2. The molecule has 2 heterocycles. The lowest BCUT2D eigenvalue weighted by Gasteiger charge is -2.32. The molecule has 0 amide bonds. The van der Waals surface area contributed by atoms with Crippen molar-refractivity contribution in [2.45, 2.75) is 37.7 Å². The Hall–Kier alpha value is -2.27. The summed E-state index contributed by atoms with van der Waals surface area (Å²) < 4.78 is 67.4. The quantitative estimate of drug-likeness (QED) is 0.526. The molecule has 0 bridgehead atoms. The molecular formula is C19H25F3N4O3S. The highest BCUT2D eigenvalue weighted by atomic mass is 32.2. The molecule has 2 N–H and O–H groups in total. The molecule has 0 radical (unpaired) electrons. The van der Waals surface area contributed by atoms with Gasteiger partial charge in [-0.25, -0.2) is 8.42 Å². The topological polar surface area (TPSA) is 86.9 Å². The Morgan fingerprint density at radius 1 is 1.27 bits per heavy atom. The summed E-state index contributed by atoms with van der Waals surface area (Å²) >= 11 is 0. The zero-order valence-corrected chi connectivity index (χ0v) is 17.4. The van der Waals surface area contributed by atoms with Crippen LogP contribution in [0.3, 0.4) is 0 Å². The standard InChI is InChI=1S/C19H25F3N4O3S/c1-2-23-18(24-10-7-16-13-14-5-3-4-6-17(14)29-16)25-15-8-11-26(12-9-15)30(27,28)19(20,21)22/h3-6,13,15H,2,7-12H2,1H3,(H2,23,24,25). The van der Waals surface area contributed by atoms with Crippen LogP contribution in [0.15, 0.2) is 39.7 Å². The predicted molar refractivity (Wildman–Crippen MR) is 109 cm³/mol. The lowest BCUT2D eigenvalue weighted by molar-refractivity contribution is -0.0494. The normalized spacial score (nSPS) is 17.4. The fourth-order valence-electron chi connectivity index (χ4n) is 3.34. The SMILES string of the molecule is CCNC(=NCCc1cc2ccccc2o1)NC1CCN(S(=O)(=O)C(F)(F)F)CC1. The molecule has 0 atom stereocenters. The first kappa shape index (κ1) is 22.4. The first-order valence-electron chi connectivity index (χ1n) is 9.79. The highest BCUT2D eigenvalue weighted by molar-refractivity contribution is 7.90. The van der Waals surface area contributed by atoms with Gasteiger partial charge in [0.25, 0.3) is 0 Å². The van der Waals surface area contributed by atoms with Crippen LogP contribution in [0.4, 0.5) is 13.2 Å². The van der Waals surface area contributed by atoms with E-state index in [1.807, 2.05) is 37.3 Å². The van der Waals surface area contributed by atoms with Crippen molar-refractivity contribution in [1.82, 2.24) is 14.9 Å². The third kappa shape index (κ3) is 5.25. The Kier molecular flexibility index (Phi) is 6.91. The van der Waals surface area contributed by atoms with Gasteiger partial charge in [0.1, 0.15) is 11.3 Å². The van der Waals surface area contributed by atoms with Crippen molar-refractivity contribution in [2.75, 3.05) is 26.2 Å². The van der Waals surface area contributed by atoms with E-state index in [0.29, 0.717) is 29.8 Å². The van der Waals surface area contributed by atoms with Gasteiger partial charge in [0.15, 0.2) is 5.96 Å². The number of hydrogen-bond acceptors (Lipinski definition) is 4. The molecule has 0 saturated carbocycles. The molecule has 1 fully saturated rings. The van der Waals surface area contributed by atoms with E-state index in [9.17, 15) is 21.6 Å². The number of furan rings is 1. The van der Waals surface area contributed by atoms with Crippen molar-refractivity contribution in [3.05, 3.63) is 36.1 Å². The molecule has 2 aromatic rings. The van der Waals surface area contributed by atoms with Gasteiger partial charge in [-0.3, -0.25) is 4.99 Å². The summed E-state index contributed by atoms with van der Waals surface area (Å²) in [6.07, 6.45) is 1.14. The Morgan fingerprint density at radius 2 is 1.97 bits per heavy atom. The van der Waals surface area contributed by atoms with Gasteiger partial charge in [0, 0.05) is 44.0 Å². The van der Waals surface area contributed by atoms with Crippen molar-refractivity contribution < 1.29 is 26.0 Å². The maximum Gasteiger partial charge on any atom is 0.511 e. The summed E-state index contributed by atoms with van der Waals surface area (Å²) in [7, 11) is -5.27. The molecular weight excluding hydrogens is 421 g/mol. The van der Waals surface area contributed by atoms with Crippen LogP contribution < -0.4 is 10.6 Å². The highest BCUT2D eigenvalue weighted by Gasteiger charge is 2.50. The number of alkyl halides is 3. The molecule has 3 rings (SSSR count).